The second kappa shape index (κ2) is 5.91. The zero-order valence-electron chi connectivity index (χ0n) is 12.0. The predicted octanol–water partition coefficient (Wildman–Crippen LogP) is 4.18. The smallest absolute Gasteiger partial charge is 0.416 e. The van der Waals surface area contributed by atoms with Crippen LogP contribution in [0.3, 0.4) is 0 Å². The van der Waals surface area contributed by atoms with Crippen molar-refractivity contribution in [2.45, 2.75) is 6.18 Å². The van der Waals surface area contributed by atoms with Crippen LogP contribution >= 0.6 is 0 Å². The number of rotatable bonds is 3. The topological polar surface area (TPSA) is 70.8 Å². The highest BCUT2D eigenvalue weighted by molar-refractivity contribution is 5.53. The van der Waals surface area contributed by atoms with Crippen molar-refractivity contribution in [3.63, 3.8) is 0 Å². The Morgan fingerprint density at radius 3 is 2.42 bits per heavy atom. The molecule has 0 spiro atoms. The molecule has 3 rings (SSSR count). The van der Waals surface area contributed by atoms with Gasteiger partial charge in [-0.15, -0.1) is 0 Å². The van der Waals surface area contributed by atoms with E-state index < -0.39 is 22.4 Å². The van der Waals surface area contributed by atoms with Crippen LogP contribution in [0.2, 0.25) is 0 Å². The van der Waals surface area contributed by atoms with Gasteiger partial charge >= 0.3 is 11.9 Å². The first-order valence-corrected chi connectivity index (χ1v) is 6.78. The van der Waals surface area contributed by atoms with Crippen LogP contribution in [0.4, 0.5) is 18.9 Å². The first-order valence-electron chi connectivity index (χ1n) is 6.78. The number of nitro benzene ring substituents is 1. The molecule has 0 unspecified atom stereocenters. The summed E-state index contributed by atoms with van der Waals surface area (Å²) in [5.74, 6) is 0.774. The number of halogens is 3. The molecule has 2 aromatic carbocycles. The van der Waals surface area contributed by atoms with Crippen molar-refractivity contribution >= 4 is 5.69 Å². The number of hydrogen-bond acceptors (Lipinski definition) is 5. The average Bonchev–Trinajstić information content (AvgIpc) is 2.54. The number of benzene rings is 2. The van der Waals surface area contributed by atoms with Crippen LogP contribution in [0.1, 0.15) is 5.56 Å². The summed E-state index contributed by atoms with van der Waals surface area (Å²) in [6, 6.07) is 6.57. The van der Waals surface area contributed by atoms with Gasteiger partial charge in [0, 0.05) is 12.1 Å². The van der Waals surface area contributed by atoms with Gasteiger partial charge in [-0.1, -0.05) is 0 Å². The van der Waals surface area contributed by atoms with E-state index in [1.165, 1.54) is 12.1 Å². The van der Waals surface area contributed by atoms with Gasteiger partial charge in [-0.2, -0.15) is 13.2 Å². The molecular formula is C15H10F3NO5. The van der Waals surface area contributed by atoms with E-state index in [4.69, 9.17) is 14.2 Å². The average molecular weight is 341 g/mol. The van der Waals surface area contributed by atoms with E-state index in [1.54, 1.807) is 6.07 Å². The number of fused-ring (bicyclic) bond motifs is 1. The second-order valence-electron chi connectivity index (χ2n) is 4.84. The first kappa shape index (κ1) is 15.9. The van der Waals surface area contributed by atoms with Gasteiger partial charge in [0.1, 0.15) is 19.0 Å². The summed E-state index contributed by atoms with van der Waals surface area (Å²) in [5.41, 5.74) is -1.90. The second-order valence-corrected chi connectivity index (χ2v) is 4.84. The predicted molar refractivity (Wildman–Crippen MR) is 75.6 cm³/mol. The van der Waals surface area contributed by atoms with Gasteiger partial charge in [-0.05, 0) is 24.3 Å². The minimum Gasteiger partial charge on any atom is -0.486 e. The van der Waals surface area contributed by atoms with Gasteiger partial charge in [-0.25, -0.2) is 0 Å². The van der Waals surface area contributed by atoms with Crippen LogP contribution in [0.15, 0.2) is 36.4 Å². The molecule has 126 valence electrons. The van der Waals surface area contributed by atoms with Crippen LogP contribution in [0.25, 0.3) is 0 Å². The fourth-order valence-electron chi connectivity index (χ4n) is 2.14. The van der Waals surface area contributed by atoms with E-state index in [1.807, 2.05) is 0 Å². The molecule has 0 saturated heterocycles. The molecule has 0 radical (unpaired) electrons. The summed E-state index contributed by atoms with van der Waals surface area (Å²) in [7, 11) is 0. The molecule has 0 N–H and O–H groups in total. The Kier molecular flexibility index (Phi) is 3.92. The Labute approximate surface area is 133 Å². The fourth-order valence-corrected chi connectivity index (χ4v) is 2.14. The Bertz CT molecular complexity index is 791. The molecule has 1 heterocycles. The van der Waals surface area contributed by atoms with E-state index in [-0.39, 0.29) is 11.5 Å². The Morgan fingerprint density at radius 1 is 1.04 bits per heavy atom. The number of nitro groups is 1. The van der Waals surface area contributed by atoms with Gasteiger partial charge in [0.15, 0.2) is 11.5 Å². The SMILES string of the molecule is O=[N+]([O-])c1cc(C(F)(F)F)ccc1Oc1ccc2c(c1)OCCO2. The van der Waals surface area contributed by atoms with E-state index in [9.17, 15) is 23.3 Å². The van der Waals surface area contributed by atoms with Crippen molar-refractivity contribution in [3.05, 3.63) is 52.1 Å². The van der Waals surface area contributed by atoms with E-state index in [0.717, 1.165) is 12.1 Å². The van der Waals surface area contributed by atoms with Gasteiger partial charge in [0.2, 0.25) is 5.75 Å². The van der Waals surface area contributed by atoms with E-state index in [2.05, 4.69) is 0 Å². The first-order chi connectivity index (χ1) is 11.3. The molecule has 0 bridgehead atoms. The maximum atomic E-state index is 12.7. The highest BCUT2D eigenvalue weighted by Gasteiger charge is 2.33. The fraction of sp³-hybridized carbons (Fsp3) is 0.200. The van der Waals surface area contributed by atoms with Gasteiger partial charge in [0.25, 0.3) is 0 Å². The number of hydrogen-bond donors (Lipinski definition) is 0. The van der Waals surface area contributed by atoms with Crippen LogP contribution in [-0.4, -0.2) is 18.1 Å². The number of ether oxygens (including phenoxy) is 3. The van der Waals surface area contributed by atoms with Crippen molar-refractivity contribution in [2.75, 3.05) is 13.2 Å². The summed E-state index contributed by atoms with van der Waals surface area (Å²) < 4.78 is 54.1. The summed E-state index contributed by atoms with van der Waals surface area (Å²) in [6.45, 7) is 0.745. The third kappa shape index (κ3) is 3.19. The van der Waals surface area contributed by atoms with Crippen molar-refractivity contribution in [1.29, 1.82) is 0 Å². The molecule has 24 heavy (non-hydrogen) atoms. The lowest BCUT2D eigenvalue weighted by molar-refractivity contribution is -0.385. The zero-order chi connectivity index (χ0) is 17.3. The van der Waals surface area contributed by atoms with Gasteiger partial charge in [-0.3, -0.25) is 10.1 Å². The Hall–Kier alpha value is -2.97. The standard InChI is InChI=1S/C15H10F3NO5/c16-15(17,18)9-1-3-12(11(7-9)19(20)21)24-10-2-4-13-14(8-10)23-6-5-22-13/h1-4,7-8H,5-6H2. The van der Waals surface area contributed by atoms with E-state index >= 15 is 0 Å². The molecule has 0 saturated carbocycles. The third-order valence-electron chi connectivity index (χ3n) is 3.22. The normalized spacial score (nSPS) is 13.5. The van der Waals surface area contributed by atoms with E-state index in [0.29, 0.717) is 30.8 Å². The largest absolute Gasteiger partial charge is 0.486 e. The van der Waals surface area contributed by atoms with Crippen LogP contribution in [0.5, 0.6) is 23.0 Å². The van der Waals surface area contributed by atoms with Crippen molar-refractivity contribution < 1.29 is 32.3 Å². The molecule has 0 amide bonds. The van der Waals surface area contributed by atoms with Gasteiger partial charge < -0.3 is 14.2 Å². The summed E-state index contributed by atoms with van der Waals surface area (Å²) in [5, 5.41) is 11.0. The Morgan fingerprint density at radius 2 is 1.75 bits per heavy atom. The lowest BCUT2D eigenvalue weighted by Crippen LogP contribution is -2.15. The minimum absolute atomic E-state index is 0.183. The summed E-state index contributed by atoms with van der Waals surface area (Å²) >= 11 is 0. The highest BCUT2D eigenvalue weighted by atomic mass is 19.4. The molecule has 1 aliphatic heterocycles. The molecule has 0 fully saturated rings. The quantitative estimate of drug-likeness (QED) is 0.619. The molecule has 2 aromatic rings. The summed E-state index contributed by atoms with van der Waals surface area (Å²) in [4.78, 5) is 10.1. The lowest BCUT2D eigenvalue weighted by Gasteiger charge is -2.18. The van der Waals surface area contributed by atoms with Crippen molar-refractivity contribution in [3.8, 4) is 23.0 Å². The number of alkyl halides is 3. The van der Waals surface area contributed by atoms with Crippen molar-refractivity contribution in [2.24, 2.45) is 0 Å². The van der Waals surface area contributed by atoms with Crippen molar-refractivity contribution in [1.82, 2.24) is 0 Å². The molecular weight excluding hydrogens is 331 g/mol. The monoisotopic (exact) mass is 341 g/mol. The summed E-state index contributed by atoms with van der Waals surface area (Å²) in [6.07, 6.45) is -4.68. The zero-order valence-corrected chi connectivity index (χ0v) is 12.0. The molecule has 6 nitrogen and oxygen atoms in total. The lowest BCUT2D eigenvalue weighted by atomic mass is 10.2. The van der Waals surface area contributed by atoms with Crippen LogP contribution in [0, 0.1) is 10.1 Å². The Balaban J connectivity index is 1.93. The number of nitrogens with zero attached hydrogens (tertiary/aromatic N) is 1. The maximum absolute atomic E-state index is 12.7. The molecule has 0 atom stereocenters. The van der Waals surface area contributed by atoms with Gasteiger partial charge in [0.05, 0.1) is 10.5 Å². The highest BCUT2D eigenvalue weighted by Crippen LogP contribution is 2.40. The molecule has 0 aliphatic carbocycles. The van der Waals surface area contributed by atoms with Crippen LogP contribution in [-0.2, 0) is 6.18 Å². The molecule has 9 heteroatoms. The minimum atomic E-state index is -4.68. The maximum Gasteiger partial charge on any atom is 0.416 e. The van der Waals surface area contributed by atoms with Crippen LogP contribution < -0.4 is 14.2 Å². The third-order valence-corrected chi connectivity index (χ3v) is 3.22. The molecule has 1 aliphatic rings. The molecule has 0 aromatic heterocycles.